The van der Waals surface area contributed by atoms with Crippen molar-refractivity contribution in [1.29, 1.82) is 0 Å². The van der Waals surface area contributed by atoms with E-state index in [9.17, 15) is 0 Å². The van der Waals surface area contributed by atoms with Crippen LogP contribution in [-0.2, 0) is 22.4 Å². The molecule has 0 fully saturated rings. The molecular weight excluding hydrogens is 294 g/mol. The predicted molar refractivity (Wildman–Crippen MR) is 11.8 cm³/mol. The molecule has 0 aliphatic heterocycles. The van der Waals surface area contributed by atoms with Gasteiger partial charge in [-0.3, -0.25) is 0 Å². The minimum Gasteiger partial charge on any atom is -1.00 e. The van der Waals surface area contributed by atoms with E-state index in [0.29, 0.717) is 0 Å². The molecule has 8 heavy (non-hydrogen) atoms. The van der Waals surface area contributed by atoms with E-state index in [1.54, 1.807) is 0 Å². The fourth-order valence-corrected chi connectivity index (χ4v) is 0. The van der Waals surface area contributed by atoms with Crippen molar-refractivity contribution in [2.75, 3.05) is 14.2 Å². The Morgan fingerprint density at radius 1 is 0.625 bits per heavy atom. The molecule has 2 nitrogen and oxygen atoms in total. The van der Waals surface area contributed by atoms with E-state index in [0.717, 1.165) is 14.2 Å². The van der Waals surface area contributed by atoms with Gasteiger partial charge in [-0.25, -0.2) is 0 Å². The summed E-state index contributed by atoms with van der Waals surface area (Å²) in [6.07, 6.45) is 0. The first-order chi connectivity index (χ1) is 2.00. The van der Waals surface area contributed by atoms with Crippen LogP contribution < -0.4 is 24.3 Å². The van der Waals surface area contributed by atoms with Gasteiger partial charge in [0.25, 0.3) is 0 Å². The summed E-state index contributed by atoms with van der Waals surface area (Å²) in [6.45, 7) is 0. The first kappa shape index (κ1) is 78.1. The Morgan fingerprint density at radius 2 is 0.625 bits per heavy atom. The fourth-order valence-electron chi connectivity index (χ4n) is 0. The average molecular weight is 300 g/mol. The molecule has 0 N–H and O–H groups in total. The molecule has 0 radical (unpaired) electrons. The molecule has 0 saturated carbocycles. The summed E-state index contributed by atoms with van der Waals surface area (Å²) >= 11 is 0. The third kappa shape index (κ3) is 945. The molecular formula is C2H6F3O2Ta. The summed E-state index contributed by atoms with van der Waals surface area (Å²) in [4.78, 5) is 0. The Balaban J connectivity index is -0.00000000167. The second kappa shape index (κ2) is 1530. The molecule has 0 amide bonds. The van der Waals surface area contributed by atoms with Gasteiger partial charge in [0, 0.05) is 0 Å². The maximum Gasteiger partial charge on any atom is 5.00 e. The van der Waals surface area contributed by atoms with Crippen LogP contribution in [0.15, 0.2) is 0 Å². The Kier molecular flexibility index (Phi) is 14900. The van der Waals surface area contributed by atoms with Crippen molar-refractivity contribution < 1.29 is 46.7 Å². The zero-order chi connectivity index (χ0) is 4.00. The molecule has 0 unspecified atom stereocenters. The Labute approximate surface area is 61.5 Å². The molecule has 0 aliphatic carbocycles. The van der Waals surface area contributed by atoms with Crippen molar-refractivity contribution in [2.24, 2.45) is 0 Å². The molecule has 0 saturated heterocycles. The summed E-state index contributed by atoms with van der Waals surface area (Å²) in [7, 11) is 1.50. The van der Waals surface area contributed by atoms with Crippen molar-refractivity contribution in [3.05, 3.63) is 0 Å². The summed E-state index contributed by atoms with van der Waals surface area (Å²) in [5.41, 5.74) is 0. The smallest absolute Gasteiger partial charge is 1.00 e. The minimum atomic E-state index is 0. The Bertz CT molecular complexity index is 15.2. The predicted octanol–water partition coefficient (Wildman–Crippen LogP) is -11.0. The first-order valence-corrected chi connectivity index (χ1v) is 0.816. The molecule has 0 bridgehead atoms. The zero-order valence-corrected chi connectivity index (χ0v) is 7.61. The maximum atomic E-state index is 8.25. The van der Waals surface area contributed by atoms with Gasteiger partial charge in [-0.1, -0.05) is 0 Å². The molecule has 6 heteroatoms. The van der Waals surface area contributed by atoms with Gasteiger partial charge in [0.05, 0.1) is 0 Å². The molecule has 0 heterocycles. The van der Waals surface area contributed by atoms with Gasteiger partial charge in [-0.2, -0.15) is 14.2 Å². The minimum absolute atomic E-state index is 0. The van der Waals surface area contributed by atoms with E-state index in [-0.39, 0.29) is 36.5 Å². The second-order valence-corrected chi connectivity index (χ2v) is 0. The molecule has 0 spiro atoms. The van der Waals surface area contributed by atoms with E-state index in [2.05, 4.69) is 0 Å². The normalized spacial score (nSPS) is 1.50. The first-order valence-electron chi connectivity index (χ1n) is 0.816. The van der Waals surface area contributed by atoms with Crippen molar-refractivity contribution >= 4 is 0 Å². The van der Waals surface area contributed by atoms with Crippen LogP contribution in [0.5, 0.6) is 0 Å². The fraction of sp³-hybridized carbons (Fsp3) is 1.00. The van der Waals surface area contributed by atoms with E-state index >= 15 is 0 Å². The van der Waals surface area contributed by atoms with Crippen LogP contribution in [0.4, 0.5) is 0 Å². The quantitative estimate of drug-likeness (QED) is 0.446. The zero-order valence-electron chi connectivity index (χ0n) is 4.40. The summed E-state index contributed by atoms with van der Waals surface area (Å²) in [6, 6.07) is 0. The van der Waals surface area contributed by atoms with Crippen LogP contribution in [0.2, 0.25) is 0 Å². The molecule has 0 aromatic carbocycles. The van der Waals surface area contributed by atoms with Crippen LogP contribution in [0.1, 0.15) is 0 Å². The molecule has 0 rings (SSSR count). The summed E-state index contributed by atoms with van der Waals surface area (Å²) in [5.74, 6) is 0. The van der Waals surface area contributed by atoms with Gasteiger partial charge in [-0.05, 0) is 0 Å². The van der Waals surface area contributed by atoms with E-state index in [1.807, 2.05) is 0 Å². The standard InChI is InChI=1S/2CH3O.3FH.Ta/c2*1-2;;;;/h2*1H3;3*1H;/q2*-1;;;;+5/p-3. The van der Waals surface area contributed by atoms with E-state index < -0.39 is 0 Å². The van der Waals surface area contributed by atoms with Crippen LogP contribution in [0.3, 0.4) is 0 Å². The van der Waals surface area contributed by atoms with E-state index in [1.165, 1.54) is 0 Å². The molecule has 0 atom stereocenters. The van der Waals surface area contributed by atoms with Gasteiger partial charge in [0.15, 0.2) is 0 Å². The van der Waals surface area contributed by atoms with Crippen LogP contribution in [0, 0.1) is 0 Å². The largest absolute Gasteiger partial charge is 5.00 e. The van der Waals surface area contributed by atoms with Crippen molar-refractivity contribution in [3.63, 3.8) is 0 Å². The van der Waals surface area contributed by atoms with E-state index in [4.69, 9.17) is 10.2 Å². The Hall–Kier alpha value is 0.450. The van der Waals surface area contributed by atoms with Gasteiger partial charge in [0.2, 0.25) is 0 Å². The molecule has 0 aliphatic rings. The number of hydrogen-bond acceptors (Lipinski definition) is 2. The molecule has 0 aromatic rings. The second-order valence-electron chi connectivity index (χ2n) is 0. The maximum absolute atomic E-state index is 8.25. The number of halogens is 3. The summed E-state index contributed by atoms with van der Waals surface area (Å²) in [5, 5.41) is 16.5. The monoisotopic (exact) mass is 300 g/mol. The SMILES string of the molecule is C[O-].C[O-].[F-].[F-].[F-].[Ta+5]. The topological polar surface area (TPSA) is 46.1 Å². The Morgan fingerprint density at radius 3 is 0.625 bits per heavy atom. The molecule has 0 aromatic heterocycles. The van der Waals surface area contributed by atoms with Gasteiger partial charge in [-0.15, -0.1) is 0 Å². The van der Waals surface area contributed by atoms with Gasteiger partial charge >= 0.3 is 22.4 Å². The third-order valence-electron chi connectivity index (χ3n) is 0. The van der Waals surface area contributed by atoms with Gasteiger partial charge in [0.1, 0.15) is 0 Å². The van der Waals surface area contributed by atoms with Crippen molar-refractivity contribution in [2.45, 2.75) is 0 Å². The average Bonchev–Trinajstić information content (AvgIpc) is 1.50. The van der Waals surface area contributed by atoms with Crippen molar-refractivity contribution in [3.8, 4) is 0 Å². The number of rotatable bonds is 0. The third-order valence-corrected chi connectivity index (χ3v) is 0. The van der Waals surface area contributed by atoms with Crippen LogP contribution >= 0.6 is 0 Å². The van der Waals surface area contributed by atoms with Crippen LogP contribution in [0.25, 0.3) is 0 Å². The summed E-state index contributed by atoms with van der Waals surface area (Å²) < 4.78 is 0. The van der Waals surface area contributed by atoms with Gasteiger partial charge < -0.3 is 24.3 Å². The van der Waals surface area contributed by atoms with Crippen molar-refractivity contribution in [1.82, 2.24) is 0 Å². The number of hydrogen-bond donors (Lipinski definition) is 0. The van der Waals surface area contributed by atoms with Crippen LogP contribution in [-0.4, -0.2) is 14.2 Å². The molecule has 52 valence electrons.